The van der Waals surface area contributed by atoms with Gasteiger partial charge in [0.15, 0.2) is 0 Å². The van der Waals surface area contributed by atoms with Crippen molar-refractivity contribution in [3.05, 3.63) is 52.6 Å². The van der Waals surface area contributed by atoms with E-state index in [1.807, 2.05) is 0 Å². The highest BCUT2D eigenvalue weighted by Crippen LogP contribution is 2.36. The molecule has 0 aliphatic heterocycles. The summed E-state index contributed by atoms with van der Waals surface area (Å²) in [6.45, 7) is 9.43. The zero-order valence-corrected chi connectivity index (χ0v) is 35.9. The van der Waals surface area contributed by atoms with E-state index in [1.54, 1.807) is 12.1 Å². The Hall–Kier alpha value is -3.88. The quantitative estimate of drug-likeness (QED) is 0.0427. The summed E-state index contributed by atoms with van der Waals surface area (Å²) < 4.78 is 22.5. The summed E-state index contributed by atoms with van der Waals surface area (Å²) >= 11 is 0. The predicted octanol–water partition coefficient (Wildman–Crippen LogP) is 13.1. The van der Waals surface area contributed by atoms with Crippen LogP contribution in [0.25, 0.3) is 11.1 Å². The van der Waals surface area contributed by atoms with E-state index < -0.39 is 29.6 Å². The molecule has 9 heteroatoms. The first-order valence-electron chi connectivity index (χ1n) is 22.5. The average molecular weight is 795 g/mol. The summed E-state index contributed by atoms with van der Waals surface area (Å²) in [6, 6.07) is 7.53. The van der Waals surface area contributed by atoms with E-state index in [1.165, 1.54) is 37.5 Å². The van der Waals surface area contributed by atoms with Gasteiger partial charge in [0.25, 0.3) is 0 Å². The van der Waals surface area contributed by atoms with Gasteiger partial charge < -0.3 is 24.1 Å². The highest BCUT2D eigenvalue weighted by Gasteiger charge is 2.27. The third kappa shape index (κ3) is 19.4. The van der Waals surface area contributed by atoms with Crippen molar-refractivity contribution < 1.29 is 43.2 Å². The van der Waals surface area contributed by atoms with Gasteiger partial charge in [-0.3, -0.25) is 0 Å². The van der Waals surface area contributed by atoms with E-state index in [9.17, 15) is 24.3 Å². The van der Waals surface area contributed by atoms with Crippen LogP contribution in [0.3, 0.4) is 0 Å². The SMILES string of the molecule is CCCCCCCCOC(=O)c1ccc(-c2ccc(C(=O)OCCCCCCCC)c(O)c2C(=O)OCCCCCCCC)cc1C(=O)OCCCCCCCC. The van der Waals surface area contributed by atoms with Gasteiger partial charge in [-0.15, -0.1) is 0 Å². The lowest BCUT2D eigenvalue weighted by molar-refractivity contribution is 0.0450. The topological polar surface area (TPSA) is 125 Å². The normalized spacial score (nSPS) is 11.0. The van der Waals surface area contributed by atoms with Crippen LogP contribution >= 0.6 is 0 Å². The maximum atomic E-state index is 13.7. The van der Waals surface area contributed by atoms with Crippen molar-refractivity contribution in [2.75, 3.05) is 26.4 Å². The van der Waals surface area contributed by atoms with Crippen molar-refractivity contribution in [3.8, 4) is 16.9 Å². The van der Waals surface area contributed by atoms with E-state index in [2.05, 4.69) is 27.7 Å². The predicted molar refractivity (Wildman–Crippen MR) is 228 cm³/mol. The Morgan fingerprint density at radius 2 is 0.737 bits per heavy atom. The van der Waals surface area contributed by atoms with Gasteiger partial charge in [0, 0.05) is 5.56 Å². The number of phenolic OH excluding ortho intramolecular Hbond substituents is 1. The molecule has 9 nitrogen and oxygen atoms in total. The molecule has 0 saturated carbocycles. The van der Waals surface area contributed by atoms with E-state index in [4.69, 9.17) is 18.9 Å². The maximum Gasteiger partial charge on any atom is 0.342 e. The lowest BCUT2D eigenvalue weighted by atomic mass is 9.93. The molecule has 0 radical (unpaired) electrons. The summed E-state index contributed by atoms with van der Waals surface area (Å²) in [5, 5.41) is 11.5. The molecule has 0 fully saturated rings. The largest absolute Gasteiger partial charge is 0.506 e. The van der Waals surface area contributed by atoms with Crippen LogP contribution in [0.2, 0.25) is 0 Å². The molecule has 0 aromatic heterocycles. The molecule has 2 aromatic rings. The second-order valence-electron chi connectivity index (χ2n) is 15.3. The van der Waals surface area contributed by atoms with E-state index in [0.29, 0.717) is 24.8 Å². The Morgan fingerprint density at radius 3 is 1.16 bits per heavy atom. The molecule has 0 unspecified atom stereocenters. The minimum absolute atomic E-state index is 0.000242. The lowest BCUT2D eigenvalue weighted by Gasteiger charge is -2.16. The summed E-state index contributed by atoms with van der Waals surface area (Å²) in [7, 11) is 0. The number of hydrogen-bond acceptors (Lipinski definition) is 9. The van der Waals surface area contributed by atoms with Crippen LogP contribution in [0.1, 0.15) is 223 Å². The highest BCUT2D eigenvalue weighted by atomic mass is 16.5. The average Bonchev–Trinajstić information content (AvgIpc) is 3.21. The fourth-order valence-electron chi connectivity index (χ4n) is 6.76. The van der Waals surface area contributed by atoms with Crippen molar-refractivity contribution in [2.24, 2.45) is 0 Å². The molecule has 0 saturated heterocycles. The van der Waals surface area contributed by atoms with Gasteiger partial charge in [-0.05, 0) is 49.4 Å². The number of carbonyl (C=O) groups excluding carboxylic acids is 4. The summed E-state index contributed by atoms with van der Waals surface area (Å²) in [6.07, 6.45) is 24.5. The van der Waals surface area contributed by atoms with Gasteiger partial charge in [-0.25, -0.2) is 19.2 Å². The second kappa shape index (κ2) is 31.2. The number of carbonyl (C=O) groups is 4. The number of ether oxygens (including phenoxy) is 4. The molecule has 2 aromatic carbocycles. The molecule has 0 heterocycles. The number of aromatic hydroxyl groups is 1. The van der Waals surface area contributed by atoms with Gasteiger partial charge in [0.2, 0.25) is 0 Å². The monoisotopic (exact) mass is 795 g/mol. The Balaban J connectivity index is 2.41. The van der Waals surface area contributed by atoms with Gasteiger partial charge >= 0.3 is 23.9 Å². The fourth-order valence-corrected chi connectivity index (χ4v) is 6.76. The molecule has 0 amide bonds. The first-order valence-corrected chi connectivity index (χ1v) is 22.5. The van der Waals surface area contributed by atoms with Crippen molar-refractivity contribution in [2.45, 2.75) is 182 Å². The van der Waals surface area contributed by atoms with E-state index >= 15 is 0 Å². The smallest absolute Gasteiger partial charge is 0.342 e. The Morgan fingerprint density at radius 1 is 0.404 bits per heavy atom. The minimum Gasteiger partial charge on any atom is -0.506 e. The van der Waals surface area contributed by atoms with Crippen LogP contribution in [0.15, 0.2) is 30.3 Å². The molecule has 0 spiro atoms. The third-order valence-electron chi connectivity index (χ3n) is 10.3. The molecule has 320 valence electrons. The summed E-state index contributed by atoms with van der Waals surface area (Å²) in [5.74, 6) is -3.39. The van der Waals surface area contributed by atoms with E-state index in [0.717, 1.165) is 116 Å². The fraction of sp³-hybridized carbons (Fsp3) is 0.667. The van der Waals surface area contributed by atoms with Crippen LogP contribution in [-0.2, 0) is 18.9 Å². The van der Waals surface area contributed by atoms with Gasteiger partial charge in [0.05, 0.1) is 37.6 Å². The van der Waals surface area contributed by atoms with Crippen molar-refractivity contribution in [1.82, 2.24) is 0 Å². The molecule has 0 bridgehead atoms. The highest BCUT2D eigenvalue weighted by molar-refractivity contribution is 6.07. The zero-order valence-electron chi connectivity index (χ0n) is 35.9. The van der Waals surface area contributed by atoms with Crippen LogP contribution in [0, 0.1) is 0 Å². The van der Waals surface area contributed by atoms with Crippen molar-refractivity contribution in [1.29, 1.82) is 0 Å². The molecular weight excluding hydrogens is 721 g/mol. The van der Waals surface area contributed by atoms with Gasteiger partial charge in [0.1, 0.15) is 16.9 Å². The maximum absolute atomic E-state index is 13.7. The molecular formula is C48H74O9. The first kappa shape index (κ1) is 49.3. The number of unbranched alkanes of at least 4 members (excludes halogenated alkanes) is 20. The molecule has 0 aliphatic rings. The first-order chi connectivity index (χ1) is 27.8. The van der Waals surface area contributed by atoms with Crippen LogP contribution in [0.4, 0.5) is 0 Å². The van der Waals surface area contributed by atoms with Gasteiger partial charge in [-0.2, -0.15) is 0 Å². The molecule has 1 N–H and O–H groups in total. The standard InChI is InChI=1S/C48H74O9/c1-5-9-13-17-21-25-33-54-45(50)40-30-29-38(37-42(40)47(52)56-35-27-23-19-15-11-7-3)39-31-32-41(46(51)55-34-26-22-18-14-10-6-2)44(49)43(39)48(53)57-36-28-24-20-16-12-8-4/h29-32,37,49H,5-28,33-36H2,1-4H3. The Kier molecular flexibility index (Phi) is 26.9. The number of rotatable bonds is 33. The van der Waals surface area contributed by atoms with Crippen LogP contribution in [0.5, 0.6) is 5.75 Å². The van der Waals surface area contributed by atoms with Crippen molar-refractivity contribution >= 4 is 23.9 Å². The van der Waals surface area contributed by atoms with Crippen molar-refractivity contribution in [3.63, 3.8) is 0 Å². The zero-order chi connectivity index (χ0) is 41.5. The van der Waals surface area contributed by atoms with Gasteiger partial charge in [-0.1, -0.05) is 168 Å². The molecule has 0 atom stereocenters. The van der Waals surface area contributed by atoms with Crippen LogP contribution in [-0.4, -0.2) is 55.4 Å². The Labute approximate surface area is 344 Å². The second-order valence-corrected chi connectivity index (χ2v) is 15.3. The molecule has 57 heavy (non-hydrogen) atoms. The number of esters is 4. The summed E-state index contributed by atoms with van der Waals surface area (Å²) in [4.78, 5) is 54.0. The lowest BCUT2D eigenvalue weighted by Crippen LogP contribution is -2.16. The Bertz CT molecular complexity index is 1450. The summed E-state index contributed by atoms with van der Waals surface area (Å²) in [5.41, 5.74) is 0.306. The molecule has 0 aliphatic carbocycles. The third-order valence-corrected chi connectivity index (χ3v) is 10.3. The number of hydrogen-bond donors (Lipinski definition) is 1. The number of phenols is 1. The minimum atomic E-state index is -0.795. The van der Waals surface area contributed by atoms with E-state index in [-0.39, 0.29) is 54.2 Å². The number of benzene rings is 2. The molecule has 2 rings (SSSR count). The van der Waals surface area contributed by atoms with Crippen LogP contribution < -0.4 is 0 Å².